The van der Waals surface area contributed by atoms with Crippen LogP contribution in [0.25, 0.3) is 11.3 Å². The molecule has 132 valence electrons. The van der Waals surface area contributed by atoms with Crippen LogP contribution >= 0.6 is 12.2 Å². The van der Waals surface area contributed by atoms with Crippen LogP contribution in [0.4, 0.5) is 5.69 Å². The summed E-state index contributed by atoms with van der Waals surface area (Å²) in [5.74, 6) is -0.558. The van der Waals surface area contributed by atoms with E-state index in [1.54, 1.807) is 24.3 Å². The van der Waals surface area contributed by atoms with E-state index in [9.17, 15) is 9.59 Å². The first-order chi connectivity index (χ1) is 11.9. The highest BCUT2D eigenvalue weighted by Gasteiger charge is 2.13. The Bertz CT molecular complexity index is 800. The van der Waals surface area contributed by atoms with Crippen LogP contribution in [0.5, 0.6) is 5.75 Å². The van der Waals surface area contributed by atoms with Gasteiger partial charge in [0.05, 0.1) is 12.8 Å². The van der Waals surface area contributed by atoms with Crippen molar-refractivity contribution in [2.24, 2.45) is 0 Å². The van der Waals surface area contributed by atoms with Gasteiger partial charge in [0.15, 0.2) is 5.11 Å². The smallest absolute Gasteiger partial charge is 0.371 e. The zero-order valence-corrected chi connectivity index (χ0v) is 14.6. The van der Waals surface area contributed by atoms with Crippen LogP contribution in [-0.2, 0) is 4.79 Å². The molecule has 7 nitrogen and oxygen atoms in total. The van der Waals surface area contributed by atoms with Crippen molar-refractivity contribution in [3.63, 3.8) is 0 Å². The van der Waals surface area contributed by atoms with Crippen LogP contribution in [0.3, 0.4) is 0 Å². The largest absolute Gasteiger partial charge is 0.495 e. The van der Waals surface area contributed by atoms with E-state index >= 15 is 0 Å². The number of anilines is 1. The number of aromatic carboxylic acids is 1. The topological polar surface area (TPSA) is 101 Å². The minimum Gasteiger partial charge on any atom is -0.495 e. The molecule has 8 heteroatoms. The van der Waals surface area contributed by atoms with Crippen molar-refractivity contribution in [2.45, 2.75) is 19.8 Å². The van der Waals surface area contributed by atoms with Gasteiger partial charge in [0.1, 0.15) is 11.5 Å². The lowest BCUT2D eigenvalue weighted by atomic mass is 10.1. The number of rotatable bonds is 6. The summed E-state index contributed by atoms with van der Waals surface area (Å²) in [6, 6.07) is 8.06. The number of ether oxygens (including phenoxy) is 1. The van der Waals surface area contributed by atoms with Crippen LogP contribution in [0.2, 0.25) is 0 Å². The van der Waals surface area contributed by atoms with Gasteiger partial charge >= 0.3 is 5.97 Å². The van der Waals surface area contributed by atoms with Crippen molar-refractivity contribution in [3.8, 4) is 17.1 Å². The lowest BCUT2D eigenvalue weighted by Gasteiger charge is -2.13. The van der Waals surface area contributed by atoms with E-state index < -0.39 is 5.97 Å². The highest BCUT2D eigenvalue weighted by Crippen LogP contribution is 2.31. The molecule has 1 amide bonds. The molecular weight excluding hydrogens is 344 g/mol. The second-order valence-corrected chi connectivity index (χ2v) is 5.54. The number of carbonyl (C=O) groups is 2. The van der Waals surface area contributed by atoms with Crippen LogP contribution < -0.4 is 15.4 Å². The Kier molecular flexibility index (Phi) is 6.13. The maximum Gasteiger partial charge on any atom is 0.371 e. The van der Waals surface area contributed by atoms with Gasteiger partial charge in [-0.25, -0.2) is 4.79 Å². The molecule has 0 aliphatic rings. The first-order valence-corrected chi connectivity index (χ1v) is 7.97. The number of hydrogen-bond donors (Lipinski definition) is 3. The Morgan fingerprint density at radius 2 is 2.04 bits per heavy atom. The molecule has 0 spiro atoms. The first kappa shape index (κ1) is 18.5. The number of methoxy groups -OCH3 is 1. The number of thiocarbonyl (C=S) groups is 1. The number of hydrogen-bond acceptors (Lipinski definition) is 5. The van der Waals surface area contributed by atoms with E-state index in [1.165, 1.54) is 13.2 Å². The van der Waals surface area contributed by atoms with Crippen molar-refractivity contribution < 1.29 is 23.8 Å². The third-order valence-electron chi connectivity index (χ3n) is 3.28. The van der Waals surface area contributed by atoms with Gasteiger partial charge in [0.2, 0.25) is 11.7 Å². The summed E-state index contributed by atoms with van der Waals surface area (Å²) in [6.07, 6.45) is 1.10. The van der Waals surface area contributed by atoms with Gasteiger partial charge in [-0.15, -0.1) is 0 Å². The predicted molar refractivity (Wildman–Crippen MR) is 96.9 cm³/mol. The van der Waals surface area contributed by atoms with E-state index in [0.717, 1.165) is 6.42 Å². The summed E-state index contributed by atoms with van der Waals surface area (Å²) in [6.45, 7) is 1.90. The second-order valence-electron chi connectivity index (χ2n) is 5.14. The highest BCUT2D eigenvalue weighted by molar-refractivity contribution is 7.80. The van der Waals surface area contributed by atoms with Crippen molar-refractivity contribution in [1.82, 2.24) is 5.32 Å². The Morgan fingerprint density at radius 1 is 1.28 bits per heavy atom. The molecule has 0 unspecified atom stereocenters. The van der Waals surface area contributed by atoms with Gasteiger partial charge < -0.3 is 24.9 Å². The Labute approximate surface area is 150 Å². The van der Waals surface area contributed by atoms with E-state index in [2.05, 4.69) is 10.6 Å². The average molecular weight is 362 g/mol. The van der Waals surface area contributed by atoms with Gasteiger partial charge in [-0.1, -0.05) is 6.92 Å². The molecule has 0 bridgehead atoms. The second kappa shape index (κ2) is 8.29. The van der Waals surface area contributed by atoms with Crippen molar-refractivity contribution in [1.29, 1.82) is 0 Å². The zero-order chi connectivity index (χ0) is 18.4. The van der Waals surface area contributed by atoms with Gasteiger partial charge in [0.25, 0.3) is 0 Å². The van der Waals surface area contributed by atoms with Crippen LogP contribution in [-0.4, -0.2) is 29.2 Å². The molecule has 1 aromatic carbocycles. The fraction of sp³-hybridized carbons (Fsp3) is 0.235. The third kappa shape index (κ3) is 4.80. The minimum atomic E-state index is -1.14. The summed E-state index contributed by atoms with van der Waals surface area (Å²) in [5, 5.41) is 14.6. The average Bonchev–Trinajstić information content (AvgIpc) is 3.05. The number of carboxylic acid groups (broad SMARTS) is 1. The maximum atomic E-state index is 11.6. The van der Waals surface area contributed by atoms with Crippen LogP contribution in [0.1, 0.15) is 30.3 Å². The first-order valence-electron chi connectivity index (χ1n) is 7.57. The maximum absolute atomic E-state index is 11.6. The number of carboxylic acids is 1. The molecule has 0 atom stereocenters. The minimum absolute atomic E-state index is 0.150. The van der Waals surface area contributed by atoms with Crippen LogP contribution in [0.15, 0.2) is 34.7 Å². The molecule has 0 aliphatic heterocycles. The molecule has 0 aliphatic carbocycles. The SMILES string of the molecule is CCCC(=O)NC(=S)Nc1cc(-c2ccc(C(=O)O)o2)ccc1OC. The van der Waals surface area contributed by atoms with E-state index in [4.69, 9.17) is 26.5 Å². The molecule has 0 fully saturated rings. The Balaban J connectivity index is 2.22. The summed E-state index contributed by atoms with van der Waals surface area (Å²) < 4.78 is 10.6. The Hall–Kier alpha value is -2.87. The number of furan rings is 1. The van der Waals surface area contributed by atoms with Crippen molar-refractivity contribution >= 4 is 34.9 Å². The summed E-state index contributed by atoms with van der Waals surface area (Å²) in [7, 11) is 1.51. The molecule has 25 heavy (non-hydrogen) atoms. The lowest BCUT2D eigenvalue weighted by Crippen LogP contribution is -2.33. The molecule has 2 rings (SSSR count). The molecule has 0 radical (unpaired) electrons. The fourth-order valence-corrected chi connectivity index (χ4v) is 2.36. The molecule has 0 saturated carbocycles. The zero-order valence-electron chi connectivity index (χ0n) is 13.8. The highest BCUT2D eigenvalue weighted by atomic mass is 32.1. The van der Waals surface area contributed by atoms with Gasteiger partial charge in [-0.05, 0) is 49.0 Å². The van der Waals surface area contributed by atoms with Crippen LogP contribution in [0, 0.1) is 0 Å². The number of carbonyl (C=O) groups excluding carboxylic acids is 1. The molecule has 2 aromatic rings. The van der Waals surface area contributed by atoms with Gasteiger partial charge in [0, 0.05) is 12.0 Å². The number of amides is 1. The molecule has 1 aromatic heterocycles. The molecule has 0 saturated heterocycles. The molecule has 3 N–H and O–H groups in total. The van der Waals surface area contributed by atoms with Crippen molar-refractivity contribution in [2.75, 3.05) is 12.4 Å². The molecule has 1 heterocycles. The predicted octanol–water partition coefficient (Wildman–Crippen LogP) is 3.27. The third-order valence-corrected chi connectivity index (χ3v) is 3.48. The van der Waals surface area contributed by atoms with Crippen molar-refractivity contribution in [3.05, 3.63) is 36.1 Å². The number of benzene rings is 1. The van der Waals surface area contributed by atoms with E-state index in [-0.39, 0.29) is 16.8 Å². The quantitative estimate of drug-likeness (QED) is 0.678. The fourth-order valence-electron chi connectivity index (χ4n) is 2.14. The van der Waals surface area contributed by atoms with Gasteiger partial charge in [-0.3, -0.25) is 4.79 Å². The molecular formula is C17H18N2O5S. The van der Waals surface area contributed by atoms with E-state index in [0.29, 0.717) is 29.2 Å². The summed E-state index contributed by atoms with van der Waals surface area (Å²) in [4.78, 5) is 22.5. The standard InChI is InChI=1S/C17H18N2O5S/c1-3-4-15(20)19-17(25)18-11-9-10(5-6-13(11)23-2)12-7-8-14(24-12)16(21)22/h5-9H,3-4H2,1-2H3,(H,21,22)(H2,18,19,20,25). The van der Waals surface area contributed by atoms with Gasteiger partial charge in [-0.2, -0.15) is 0 Å². The normalized spacial score (nSPS) is 10.2. The lowest BCUT2D eigenvalue weighted by molar-refractivity contribution is -0.119. The Morgan fingerprint density at radius 3 is 2.64 bits per heavy atom. The van der Waals surface area contributed by atoms with E-state index in [1.807, 2.05) is 6.92 Å². The summed E-state index contributed by atoms with van der Waals surface area (Å²) >= 11 is 5.13. The monoisotopic (exact) mass is 362 g/mol. The number of nitrogens with one attached hydrogen (secondary N) is 2. The summed E-state index contributed by atoms with van der Waals surface area (Å²) in [5.41, 5.74) is 1.16.